The van der Waals surface area contributed by atoms with Crippen molar-refractivity contribution in [3.63, 3.8) is 0 Å². The van der Waals surface area contributed by atoms with Crippen molar-refractivity contribution in [1.82, 2.24) is 15.1 Å². The lowest BCUT2D eigenvalue weighted by Gasteiger charge is -2.59. The van der Waals surface area contributed by atoms with Crippen LogP contribution < -0.4 is 5.32 Å². The maximum absolute atomic E-state index is 12.3. The lowest BCUT2D eigenvalue weighted by molar-refractivity contribution is -0.151. The summed E-state index contributed by atoms with van der Waals surface area (Å²) < 4.78 is 5.00. The highest BCUT2D eigenvalue weighted by molar-refractivity contribution is 6.04. The number of likely N-dealkylation sites (N-methyl/N-ethyl adjacent to an activating group) is 1. The van der Waals surface area contributed by atoms with E-state index in [1.807, 2.05) is 0 Å². The maximum atomic E-state index is 12.3. The molecule has 5 fully saturated rings. The minimum atomic E-state index is -0.755. The summed E-state index contributed by atoms with van der Waals surface area (Å²) in [5.41, 5.74) is 0.188. The second-order valence-electron chi connectivity index (χ2n) is 9.35. The van der Waals surface area contributed by atoms with E-state index >= 15 is 0 Å². The van der Waals surface area contributed by atoms with Crippen LogP contribution in [0.2, 0.25) is 0 Å². The molecule has 0 unspecified atom stereocenters. The SMILES string of the molecule is C[C@@H](NC(=O)COC(=O)CN1C(=O)CN(C)C1=O)C12CC3CC(CC(C3)C1)C2. The molecule has 1 heterocycles. The second kappa shape index (κ2) is 7.04. The van der Waals surface area contributed by atoms with Gasteiger partial charge in [0.15, 0.2) is 6.61 Å². The fourth-order valence-electron chi connectivity index (χ4n) is 6.29. The predicted octanol–water partition coefficient (Wildman–Crippen LogP) is 1.14. The molecule has 4 saturated carbocycles. The van der Waals surface area contributed by atoms with Gasteiger partial charge < -0.3 is 15.0 Å². The molecular weight excluding hydrogens is 362 g/mol. The van der Waals surface area contributed by atoms with Crippen molar-refractivity contribution in [3.8, 4) is 0 Å². The zero-order valence-electron chi connectivity index (χ0n) is 16.6. The fraction of sp³-hybridized carbons (Fsp3) is 0.800. The van der Waals surface area contributed by atoms with E-state index in [2.05, 4.69) is 12.2 Å². The standard InChI is InChI=1S/C20H29N3O5/c1-12(20-6-13-3-14(7-20)5-15(4-13)8-20)21-16(24)11-28-18(26)10-23-17(25)9-22(2)19(23)27/h12-15H,3-11H2,1-2H3,(H,21,24)/t12-,13?,14?,15?,20?/m1/s1. The molecule has 8 nitrogen and oxygen atoms in total. The van der Waals surface area contributed by atoms with Crippen molar-refractivity contribution in [3.05, 3.63) is 0 Å². The number of carbonyl (C=O) groups is 4. The highest BCUT2D eigenvalue weighted by Gasteiger charge is 2.53. The van der Waals surface area contributed by atoms with E-state index in [4.69, 9.17) is 4.74 Å². The molecule has 0 aromatic heterocycles. The van der Waals surface area contributed by atoms with Crippen LogP contribution in [-0.4, -0.2) is 66.4 Å². The highest BCUT2D eigenvalue weighted by Crippen LogP contribution is 2.61. The molecule has 0 spiro atoms. The van der Waals surface area contributed by atoms with E-state index in [1.165, 1.54) is 50.5 Å². The van der Waals surface area contributed by atoms with Crippen LogP contribution in [0.5, 0.6) is 0 Å². The number of esters is 1. The molecule has 1 N–H and O–H groups in total. The molecule has 0 radical (unpaired) electrons. The second-order valence-corrected chi connectivity index (χ2v) is 9.35. The Balaban J connectivity index is 1.25. The number of urea groups is 1. The van der Waals surface area contributed by atoms with Crippen LogP contribution in [0, 0.1) is 23.2 Å². The van der Waals surface area contributed by atoms with Gasteiger partial charge >= 0.3 is 12.0 Å². The third kappa shape index (κ3) is 3.49. The number of imide groups is 1. The summed E-state index contributed by atoms with van der Waals surface area (Å²) >= 11 is 0. The zero-order valence-corrected chi connectivity index (χ0v) is 16.6. The largest absolute Gasteiger partial charge is 0.454 e. The van der Waals surface area contributed by atoms with Crippen molar-refractivity contribution in [2.24, 2.45) is 23.2 Å². The van der Waals surface area contributed by atoms with E-state index < -0.39 is 24.5 Å². The van der Waals surface area contributed by atoms with Gasteiger partial charge in [0, 0.05) is 13.1 Å². The summed E-state index contributed by atoms with van der Waals surface area (Å²) in [6.45, 7) is 1.18. The molecule has 0 aromatic carbocycles. The Labute approximate surface area is 164 Å². The number of ether oxygens (including phenoxy) is 1. The van der Waals surface area contributed by atoms with Crippen molar-refractivity contribution in [1.29, 1.82) is 0 Å². The molecule has 0 aromatic rings. The molecule has 5 rings (SSSR count). The summed E-state index contributed by atoms with van der Waals surface area (Å²) in [4.78, 5) is 49.8. The summed E-state index contributed by atoms with van der Waals surface area (Å²) in [7, 11) is 1.49. The zero-order chi connectivity index (χ0) is 20.1. The molecule has 28 heavy (non-hydrogen) atoms. The van der Waals surface area contributed by atoms with Crippen LogP contribution in [0.1, 0.15) is 45.4 Å². The maximum Gasteiger partial charge on any atom is 0.327 e. The Bertz CT molecular complexity index is 671. The quantitative estimate of drug-likeness (QED) is 0.541. The van der Waals surface area contributed by atoms with E-state index in [-0.39, 0.29) is 30.5 Å². The Kier molecular flexibility index (Phi) is 4.83. The minimum Gasteiger partial charge on any atom is -0.454 e. The molecule has 4 bridgehead atoms. The summed E-state index contributed by atoms with van der Waals surface area (Å²) in [6, 6.07) is -0.468. The van der Waals surface area contributed by atoms with Gasteiger partial charge in [-0.1, -0.05) is 0 Å². The number of amides is 4. The van der Waals surface area contributed by atoms with Crippen molar-refractivity contribution in [2.45, 2.75) is 51.5 Å². The van der Waals surface area contributed by atoms with Gasteiger partial charge in [-0.15, -0.1) is 0 Å². The Morgan fingerprint density at radius 1 is 1.14 bits per heavy atom. The first-order chi connectivity index (χ1) is 13.3. The molecule has 154 valence electrons. The van der Waals surface area contributed by atoms with Gasteiger partial charge in [-0.25, -0.2) is 4.79 Å². The monoisotopic (exact) mass is 391 g/mol. The minimum absolute atomic E-state index is 0.0464. The van der Waals surface area contributed by atoms with E-state index in [9.17, 15) is 19.2 Å². The van der Waals surface area contributed by atoms with Gasteiger partial charge in [0.05, 0.1) is 0 Å². The first kappa shape index (κ1) is 19.2. The third-order valence-corrected chi connectivity index (χ3v) is 7.26. The lowest BCUT2D eigenvalue weighted by Crippen LogP contribution is -2.56. The number of hydrogen-bond donors (Lipinski definition) is 1. The van der Waals surface area contributed by atoms with Crippen LogP contribution in [0.15, 0.2) is 0 Å². The topological polar surface area (TPSA) is 96.0 Å². The van der Waals surface area contributed by atoms with Crippen LogP contribution in [0.25, 0.3) is 0 Å². The van der Waals surface area contributed by atoms with E-state index in [0.29, 0.717) is 0 Å². The summed E-state index contributed by atoms with van der Waals surface area (Å²) in [6.07, 6.45) is 7.61. The van der Waals surface area contributed by atoms with Gasteiger partial charge in [-0.2, -0.15) is 0 Å². The van der Waals surface area contributed by atoms with Crippen molar-refractivity contribution >= 4 is 23.8 Å². The van der Waals surface area contributed by atoms with Crippen LogP contribution >= 0.6 is 0 Å². The van der Waals surface area contributed by atoms with Gasteiger partial charge in [0.1, 0.15) is 13.1 Å². The first-order valence-corrected chi connectivity index (χ1v) is 10.3. The van der Waals surface area contributed by atoms with Crippen molar-refractivity contribution < 1.29 is 23.9 Å². The Morgan fingerprint density at radius 3 is 2.21 bits per heavy atom. The van der Waals surface area contributed by atoms with Gasteiger partial charge in [0.2, 0.25) is 0 Å². The summed E-state index contributed by atoms with van der Waals surface area (Å²) in [5.74, 6) is 0.887. The lowest BCUT2D eigenvalue weighted by atomic mass is 9.48. The van der Waals surface area contributed by atoms with Gasteiger partial charge in [0.25, 0.3) is 11.8 Å². The predicted molar refractivity (Wildman–Crippen MR) is 98.9 cm³/mol. The molecule has 8 heteroatoms. The number of nitrogens with one attached hydrogen (secondary N) is 1. The Hall–Kier alpha value is -2.12. The van der Waals surface area contributed by atoms with Crippen molar-refractivity contribution in [2.75, 3.05) is 26.7 Å². The van der Waals surface area contributed by atoms with Crippen LogP contribution in [-0.2, 0) is 19.1 Å². The van der Waals surface area contributed by atoms with E-state index in [1.54, 1.807) is 0 Å². The Morgan fingerprint density at radius 2 is 1.71 bits per heavy atom. The fourth-order valence-corrected chi connectivity index (χ4v) is 6.29. The van der Waals surface area contributed by atoms with Gasteiger partial charge in [-0.3, -0.25) is 19.3 Å². The first-order valence-electron chi connectivity index (χ1n) is 10.3. The van der Waals surface area contributed by atoms with E-state index in [0.717, 1.165) is 22.7 Å². The smallest absolute Gasteiger partial charge is 0.327 e. The molecular formula is C20H29N3O5. The van der Waals surface area contributed by atoms with Crippen LogP contribution in [0.4, 0.5) is 4.79 Å². The number of hydrogen-bond acceptors (Lipinski definition) is 5. The third-order valence-electron chi connectivity index (χ3n) is 7.26. The number of carbonyl (C=O) groups excluding carboxylic acids is 4. The average Bonchev–Trinajstić information content (AvgIpc) is 2.85. The molecule has 4 amide bonds. The highest BCUT2D eigenvalue weighted by atomic mass is 16.5. The molecule has 4 aliphatic carbocycles. The number of rotatable bonds is 6. The molecule has 1 aliphatic heterocycles. The average molecular weight is 391 g/mol. The molecule has 5 aliphatic rings. The van der Waals surface area contributed by atoms with Crippen LogP contribution in [0.3, 0.4) is 0 Å². The molecule has 1 atom stereocenters. The normalized spacial score (nSPS) is 34.7. The number of nitrogens with zero attached hydrogens (tertiary/aromatic N) is 2. The molecule has 1 saturated heterocycles. The van der Waals surface area contributed by atoms with Gasteiger partial charge in [-0.05, 0) is 68.6 Å². The summed E-state index contributed by atoms with van der Waals surface area (Å²) in [5, 5.41) is 3.04.